The predicted octanol–water partition coefficient (Wildman–Crippen LogP) is 4.45. The van der Waals surface area contributed by atoms with Crippen molar-refractivity contribution in [1.29, 1.82) is 0 Å². The molecule has 1 heterocycles. The van der Waals surface area contributed by atoms with Gasteiger partial charge in [0.05, 0.1) is 29.0 Å². The fraction of sp³-hybridized carbons (Fsp3) is 0.0833. The summed E-state index contributed by atoms with van der Waals surface area (Å²) >= 11 is 0. The number of methoxy groups -OCH3 is 1. The van der Waals surface area contributed by atoms with Crippen molar-refractivity contribution in [2.45, 2.75) is 6.92 Å². The van der Waals surface area contributed by atoms with Gasteiger partial charge in [-0.1, -0.05) is 6.07 Å². The molecule has 0 fully saturated rings. The number of imide groups is 1. The first kappa shape index (κ1) is 21.7. The van der Waals surface area contributed by atoms with Crippen LogP contribution in [0, 0.1) is 22.9 Å². The normalized spacial score (nSPS) is 13.5. The van der Waals surface area contributed by atoms with Crippen LogP contribution in [0.3, 0.4) is 0 Å². The summed E-state index contributed by atoms with van der Waals surface area (Å²) in [6.45, 7) is 1.86. The van der Waals surface area contributed by atoms with Gasteiger partial charge in [-0.05, 0) is 66.6 Å². The number of nitro benzene ring substituents is 1. The molecule has 33 heavy (non-hydrogen) atoms. The van der Waals surface area contributed by atoms with Gasteiger partial charge in [-0.3, -0.25) is 19.7 Å². The molecule has 8 nitrogen and oxygen atoms in total. The second-order valence-electron chi connectivity index (χ2n) is 7.30. The molecule has 0 radical (unpaired) electrons. The minimum absolute atomic E-state index is 0.0259. The minimum atomic E-state index is -0.650. The minimum Gasteiger partial charge on any atom is -0.495 e. The summed E-state index contributed by atoms with van der Waals surface area (Å²) in [5, 5.41) is 14.0. The average Bonchev–Trinajstić information content (AvgIpc) is 3.04. The molecule has 0 aromatic heterocycles. The highest BCUT2D eigenvalue weighted by atomic mass is 19.1. The lowest BCUT2D eigenvalue weighted by atomic mass is 10.0. The highest BCUT2D eigenvalue weighted by Gasteiger charge is 2.40. The van der Waals surface area contributed by atoms with Crippen LogP contribution in [0.4, 0.5) is 21.5 Å². The molecular formula is C24H18FN3O5. The maximum atomic E-state index is 13.4. The van der Waals surface area contributed by atoms with Gasteiger partial charge in [0.25, 0.3) is 17.5 Å². The molecule has 0 atom stereocenters. The lowest BCUT2D eigenvalue weighted by Gasteiger charge is -2.16. The number of ether oxygens (including phenoxy) is 1. The Balaban J connectivity index is 1.85. The maximum Gasteiger partial charge on any atom is 0.282 e. The largest absolute Gasteiger partial charge is 0.495 e. The standard InChI is InChI=1S/C24H18FN3O5/c1-14-3-12-20(33-2)19(13-14)26-22-21(15-4-8-18(9-5-15)28(31)32)23(29)27(24(22)30)17-10-6-16(25)7-11-17/h3-13,26H,1-2H3. The lowest BCUT2D eigenvalue weighted by Crippen LogP contribution is -2.32. The molecule has 1 aliphatic rings. The summed E-state index contributed by atoms with van der Waals surface area (Å²) < 4.78 is 18.8. The van der Waals surface area contributed by atoms with Crippen molar-refractivity contribution >= 4 is 34.4 Å². The number of carbonyl (C=O) groups excluding carboxylic acids is 2. The molecule has 9 heteroatoms. The fourth-order valence-corrected chi connectivity index (χ4v) is 3.54. The van der Waals surface area contributed by atoms with E-state index in [0.717, 1.165) is 22.6 Å². The summed E-state index contributed by atoms with van der Waals surface area (Å²) in [5.74, 6) is -1.35. The van der Waals surface area contributed by atoms with Crippen LogP contribution in [0.5, 0.6) is 5.75 Å². The van der Waals surface area contributed by atoms with E-state index in [1.807, 2.05) is 13.0 Å². The third-order valence-corrected chi connectivity index (χ3v) is 5.15. The van der Waals surface area contributed by atoms with Gasteiger partial charge >= 0.3 is 0 Å². The molecule has 0 bridgehead atoms. The van der Waals surface area contributed by atoms with Gasteiger partial charge in [0.1, 0.15) is 17.3 Å². The number of nitrogens with one attached hydrogen (secondary N) is 1. The Labute approximate surface area is 188 Å². The van der Waals surface area contributed by atoms with Crippen molar-refractivity contribution in [3.8, 4) is 5.75 Å². The van der Waals surface area contributed by atoms with Crippen molar-refractivity contribution in [3.05, 3.63) is 99.5 Å². The van der Waals surface area contributed by atoms with E-state index in [1.165, 1.54) is 43.5 Å². The van der Waals surface area contributed by atoms with E-state index < -0.39 is 22.6 Å². The zero-order valence-corrected chi connectivity index (χ0v) is 17.7. The quantitative estimate of drug-likeness (QED) is 0.340. The van der Waals surface area contributed by atoms with Crippen LogP contribution in [-0.2, 0) is 9.59 Å². The van der Waals surface area contributed by atoms with E-state index in [1.54, 1.807) is 12.1 Å². The number of aryl methyl sites for hydroxylation is 1. The van der Waals surface area contributed by atoms with E-state index >= 15 is 0 Å². The zero-order chi connectivity index (χ0) is 23.7. The third-order valence-electron chi connectivity index (χ3n) is 5.15. The molecule has 3 aromatic carbocycles. The van der Waals surface area contributed by atoms with Gasteiger partial charge in [0.2, 0.25) is 0 Å². The van der Waals surface area contributed by atoms with Gasteiger partial charge < -0.3 is 10.1 Å². The van der Waals surface area contributed by atoms with Crippen molar-refractivity contribution in [1.82, 2.24) is 0 Å². The van der Waals surface area contributed by atoms with Crippen LogP contribution < -0.4 is 15.0 Å². The lowest BCUT2D eigenvalue weighted by molar-refractivity contribution is -0.384. The van der Waals surface area contributed by atoms with Crippen LogP contribution in [0.2, 0.25) is 0 Å². The number of benzene rings is 3. The maximum absolute atomic E-state index is 13.4. The molecular weight excluding hydrogens is 429 g/mol. The molecule has 1 N–H and O–H groups in total. The van der Waals surface area contributed by atoms with E-state index in [9.17, 15) is 24.1 Å². The molecule has 0 saturated heterocycles. The van der Waals surface area contributed by atoms with Gasteiger partial charge in [0, 0.05) is 12.1 Å². The Morgan fingerprint density at radius 3 is 2.24 bits per heavy atom. The summed E-state index contributed by atoms with van der Waals surface area (Å²) in [6, 6.07) is 15.6. The highest BCUT2D eigenvalue weighted by molar-refractivity contribution is 6.46. The molecule has 2 amide bonds. The summed E-state index contributed by atoms with van der Waals surface area (Å²) in [5.41, 5.74) is 1.72. The second kappa shape index (κ2) is 8.54. The van der Waals surface area contributed by atoms with Gasteiger partial charge in [-0.25, -0.2) is 9.29 Å². The SMILES string of the molecule is COc1ccc(C)cc1NC1=C(c2ccc([N+](=O)[O-])cc2)C(=O)N(c2ccc(F)cc2)C1=O. The average molecular weight is 447 g/mol. The summed E-state index contributed by atoms with van der Waals surface area (Å²) in [4.78, 5) is 38.2. The summed E-state index contributed by atoms with van der Waals surface area (Å²) in [7, 11) is 1.48. The number of anilines is 2. The number of rotatable bonds is 6. The van der Waals surface area contributed by atoms with E-state index in [0.29, 0.717) is 17.0 Å². The number of carbonyl (C=O) groups is 2. The Hall–Kier alpha value is -4.53. The van der Waals surface area contributed by atoms with Gasteiger partial charge in [-0.2, -0.15) is 0 Å². The summed E-state index contributed by atoms with van der Waals surface area (Å²) in [6.07, 6.45) is 0. The highest BCUT2D eigenvalue weighted by Crippen LogP contribution is 2.36. The second-order valence-corrected chi connectivity index (χ2v) is 7.30. The molecule has 0 spiro atoms. The van der Waals surface area contributed by atoms with Crippen molar-refractivity contribution in [2.24, 2.45) is 0 Å². The molecule has 0 aliphatic carbocycles. The van der Waals surface area contributed by atoms with E-state index in [-0.39, 0.29) is 22.6 Å². The molecule has 0 saturated carbocycles. The van der Waals surface area contributed by atoms with Gasteiger partial charge in [-0.15, -0.1) is 0 Å². The zero-order valence-electron chi connectivity index (χ0n) is 17.7. The van der Waals surface area contributed by atoms with Crippen molar-refractivity contribution < 1.29 is 23.6 Å². The molecule has 1 aliphatic heterocycles. The molecule has 4 rings (SSSR count). The number of non-ortho nitro benzene ring substituents is 1. The Kier molecular flexibility index (Phi) is 5.61. The van der Waals surface area contributed by atoms with E-state index in [4.69, 9.17) is 4.74 Å². The van der Waals surface area contributed by atoms with Crippen LogP contribution >= 0.6 is 0 Å². The number of hydrogen-bond acceptors (Lipinski definition) is 6. The van der Waals surface area contributed by atoms with Gasteiger partial charge in [0.15, 0.2) is 0 Å². The first-order valence-electron chi connectivity index (χ1n) is 9.85. The van der Waals surface area contributed by atoms with Crippen LogP contribution in [0.15, 0.2) is 72.4 Å². The predicted molar refractivity (Wildman–Crippen MR) is 120 cm³/mol. The molecule has 3 aromatic rings. The smallest absolute Gasteiger partial charge is 0.282 e. The van der Waals surface area contributed by atoms with Crippen molar-refractivity contribution in [3.63, 3.8) is 0 Å². The Morgan fingerprint density at radius 2 is 1.64 bits per heavy atom. The Bertz CT molecular complexity index is 1300. The van der Waals surface area contributed by atoms with Crippen LogP contribution in [-0.4, -0.2) is 23.8 Å². The molecule has 166 valence electrons. The number of nitrogens with zero attached hydrogens (tertiary/aromatic N) is 2. The third kappa shape index (κ3) is 4.03. The first-order chi connectivity index (χ1) is 15.8. The number of amides is 2. The number of halogens is 1. The monoisotopic (exact) mass is 447 g/mol. The number of nitro groups is 1. The fourth-order valence-electron chi connectivity index (χ4n) is 3.54. The number of hydrogen-bond donors (Lipinski definition) is 1. The van der Waals surface area contributed by atoms with Crippen LogP contribution in [0.1, 0.15) is 11.1 Å². The first-order valence-corrected chi connectivity index (χ1v) is 9.85. The molecule has 0 unspecified atom stereocenters. The van der Waals surface area contributed by atoms with Crippen LogP contribution in [0.25, 0.3) is 5.57 Å². The Morgan fingerprint density at radius 1 is 0.970 bits per heavy atom. The van der Waals surface area contributed by atoms with E-state index in [2.05, 4.69) is 5.32 Å². The van der Waals surface area contributed by atoms with Crippen molar-refractivity contribution in [2.75, 3.05) is 17.3 Å². The topological polar surface area (TPSA) is 102 Å².